The summed E-state index contributed by atoms with van der Waals surface area (Å²) in [7, 11) is 0. The number of aryl methyl sites for hydroxylation is 1. The topological polar surface area (TPSA) is 56.7 Å². The standard InChI is InChI=1S/C9H18N4/c1-3-6-13-9(7-11-12-13)8(2)4-5-10/h7-8H,3-6,10H2,1-2H3. The monoisotopic (exact) mass is 182 g/mol. The number of nitrogens with zero attached hydrogens (tertiary/aromatic N) is 3. The second-order valence-electron chi connectivity index (χ2n) is 3.36. The van der Waals surface area contributed by atoms with Gasteiger partial charge in [-0.2, -0.15) is 0 Å². The average Bonchev–Trinajstić information content (AvgIpc) is 2.54. The molecule has 0 aliphatic rings. The van der Waals surface area contributed by atoms with E-state index < -0.39 is 0 Å². The highest BCUT2D eigenvalue weighted by molar-refractivity contribution is 5.01. The molecule has 0 amide bonds. The smallest absolute Gasteiger partial charge is 0.0727 e. The third-order valence-corrected chi connectivity index (χ3v) is 2.19. The minimum absolute atomic E-state index is 0.464. The summed E-state index contributed by atoms with van der Waals surface area (Å²) in [6, 6.07) is 0. The number of aromatic nitrogens is 3. The minimum atomic E-state index is 0.464. The summed E-state index contributed by atoms with van der Waals surface area (Å²) >= 11 is 0. The van der Waals surface area contributed by atoms with E-state index in [0.717, 1.165) is 25.9 Å². The molecule has 0 aliphatic carbocycles. The summed E-state index contributed by atoms with van der Waals surface area (Å²) < 4.78 is 1.97. The maximum absolute atomic E-state index is 5.51. The highest BCUT2D eigenvalue weighted by Crippen LogP contribution is 2.16. The lowest BCUT2D eigenvalue weighted by atomic mass is 10.0. The Morgan fingerprint density at radius 2 is 2.38 bits per heavy atom. The third-order valence-electron chi connectivity index (χ3n) is 2.19. The minimum Gasteiger partial charge on any atom is -0.330 e. The summed E-state index contributed by atoms with van der Waals surface area (Å²) in [5, 5.41) is 7.95. The Morgan fingerprint density at radius 1 is 1.62 bits per heavy atom. The Labute approximate surface area is 79.1 Å². The molecule has 1 unspecified atom stereocenters. The van der Waals surface area contributed by atoms with Crippen LogP contribution in [0.25, 0.3) is 0 Å². The van der Waals surface area contributed by atoms with E-state index in [2.05, 4.69) is 24.2 Å². The molecular formula is C9H18N4. The summed E-state index contributed by atoms with van der Waals surface area (Å²) in [6.45, 7) is 5.97. The van der Waals surface area contributed by atoms with Gasteiger partial charge in [0.05, 0.1) is 11.9 Å². The van der Waals surface area contributed by atoms with Crippen molar-refractivity contribution in [1.82, 2.24) is 15.0 Å². The van der Waals surface area contributed by atoms with Gasteiger partial charge in [0.25, 0.3) is 0 Å². The van der Waals surface area contributed by atoms with Gasteiger partial charge in [-0.1, -0.05) is 19.1 Å². The van der Waals surface area contributed by atoms with Crippen LogP contribution in [0.5, 0.6) is 0 Å². The van der Waals surface area contributed by atoms with Gasteiger partial charge in [-0.05, 0) is 19.4 Å². The van der Waals surface area contributed by atoms with Gasteiger partial charge in [0.2, 0.25) is 0 Å². The molecule has 0 saturated carbocycles. The van der Waals surface area contributed by atoms with Crippen molar-refractivity contribution in [1.29, 1.82) is 0 Å². The molecule has 0 saturated heterocycles. The van der Waals surface area contributed by atoms with Crippen molar-refractivity contribution in [3.05, 3.63) is 11.9 Å². The van der Waals surface area contributed by atoms with Crippen molar-refractivity contribution >= 4 is 0 Å². The van der Waals surface area contributed by atoms with Crippen LogP contribution in [0.1, 0.15) is 38.3 Å². The van der Waals surface area contributed by atoms with Crippen LogP contribution in [-0.4, -0.2) is 21.5 Å². The average molecular weight is 182 g/mol. The normalized spacial score (nSPS) is 13.2. The van der Waals surface area contributed by atoms with Gasteiger partial charge in [-0.25, -0.2) is 4.68 Å². The third kappa shape index (κ3) is 2.52. The van der Waals surface area contributed by atoms with Crippen LogP contribution in [0.4, 0.5) is 0 Å². The lowest BCUT2D eigenvalue weighted by Gasteiger charge is -2.10. The second kappa shape index (κ2) is 4.97. The molecule has 4 heteroatoms. The summed E-state index contributed by atoms with van der Waals surface area (Å²) in [6.07, 6.45) is 3.93. The molecular weight excluding hydrogens is 164 g/mol. The van der Waals surface area contributed by atoms with E-state index in [4.69, 9.17) is 5.73 Å². The molecule has 13 heavy (non-hydrogen) atoms. The number of nitrogens with two attached hydrogens (primary N) is 1. The highest BCUT2D eigenvalue weighted by Gasteiger charge is 2.10. The molecule has 1 heterocycles. The van der Waals surface area contributed by atoms with E-state index in [1.807, 2.05) is 10.9 Å². The zero-order valence-corrected chi connectivity index (χ0v) is 8.40. The molecule has 0 aromatic carbocycles. The Hall–Kier alpha value is -0.900. The first-order valence-corrected chi connectivity index (χ1v) is 4.88. The van der Waals surface area contributed by atoms with Gasteiger partial charge in [0, 0.05) is 12.5 Å². The summed E-state index contributed by atoms with van der Waals surface area (Å²) in [5.41, 5.74) is 6.71. The second-order valence-corrected chi connectivity index (χ2v) is 3.36. The molecule has 1 rings (SSSR count). The fourth-order valence-electron chi connectivity index (χ4n) is 1.43. The lowest BCUT2D eigenvalue weighted by molar-refractivity contribution is 0.524. The molecule has 0 bridgehead atoms. The number of hydrogen-bond acceptors (Lipinski definition) is 3. The van der Waals surface area contributed by atoms with Gasteiger partial charge in [0.1, 0.15) is 0 Å². The molecule has 0 fully saturated rings. The van der Waals surface area contributed by atoms with Crippen molar-refractivity contribution in [3.8, 4) is 0 Å². The fraction of sp³-hybridized carbons (Fsp3) is 0.778. The zero-order valence-electron chi connectivity index (χ0n) is 8.40. The molecule has 1 atom stereocenters. The van der Waals surface area contributed by atoms with Crippen LogP contribution in [0, 0.1) is 0 Å². The van der Waals surface area contributed by atoms with E-state index in [1.54, 1.807) is 0 Å². The predicted molar refractivity (Wildman–Crippen MR) is 52.4 cm³/mol. The highest BCUT2D eigenvalue weighted by atomic mass is 15.4. The fourth-order valence-corrected chi connectivity index (χ4v) is 1.43. The first kappa shape index (κ1) is 10.2. The van der Waals surface area contributed by atoms with Crippen molar-refractivity contribution in [2.24, 2.45) is 5.73 Å². The molecule has 1 aromatic rings. The van der Waals surface area contributed by atoms with Crippen LogP contribution in [0.3, 0.4) is 0 Å². The van der Waals surface area contributed by atoms with Crippen LogP contribution in [0.2, 0.25) is 0 Å². The molecule has 0 aliphatic heterocycles. The van der Waals surface area contributed by atoms with Crippen LogP contribution in [-0.2, 0) is 6.54 Å². The predicted octanol–water partition coefficient (Wildman–Crippen LogP) is 1.14. The maximum Gasteiger partial charge on any atom is 0.0727 e. The number of hydrogen-bond donors (Lipinski definition) is 1. The SMILES string of the molecule is CCCn1nncc1C(C)CCN. The van der Waals surface area contributed by atoms with Crippen LogP contribution in [0.15, 0.2) is 6.20 Å². The maximum atomic E-state index is 5.51. The van der Waals surface area contributed by atoms with E-state index in [0.29, 0.717) is 5.92 Å². The van der Waals surface area contributed by atoms with E-state index in [-0.39, 0.29) is 0 Å². The quantitative estimate of drug-likeness (QED) is 0.743. The molecule has 0 spiro atoms. The van der Waals surface area contributed by atoms with Crippen molar-refractivity contribution in [3.63, 3.8) is 0 Å². The number of rotatable bonds is 5. The van der Waals surface area contributed by atoms with E-state index in [1.165, 1.54) is 5.69 Å². The Morgan fingerprint density at radius 3 is 3.00 bits per heavy atom. The van der Waals surface area contributed by atoms with Gasteiger partial charge in [0.15, 0.2) is 0 Å². The molecule has 4 nitrogen and oxygen atoms in total. The largest absolute Gasteiger partial charge is 0.330 e. The van der Waals surface area contributed by atoms with Crippen molar-refractivity contribution in [2.75, 3.05) is 6.54 Å². The van der Waals surface area contributed by atoms with E-state index >= 15 is 0 Å². The first-order chi connectivity index (χ1) is 6.29. The Bertz CT molecular complexity index is 244. The van der Waals surface area contributed by atoms with Gasteiger partial charge >= 0.3 is 0 Å². The van der Waals surface area contributed by atoms with Crippen LogP contribution < -0.4 is 5.73 Å². The lowest BCUT2D eigenvalue weighted by Crippen LogP contribution is -2.10. The molecule has 0 radical (unpaired) electrons. The van der Waals surface area contributed by atoms with Crippen molar-refractivity contribution < 1.29 is 0 Å². The summed E-state index contributed by atoms with van der Waals surface area (Å²) in [4.78, 5) is 0. The Balaban J connectivity index is 2.68. The van der Waals surface area contributed by atoms with Gasteiger partial charge in [-0.3, -0.25) is 0 Å². The van der Waals surface area contributed by atoms with Gasteiger partial charge in [-0.15, -0.1) is 5.10 Å². The first-order valence-electron chi connectivity index (χ1n) is 4.88. The van der Waals surface area contributed by atoms with E-state index in [9.17, 15) is 0 Å². The van der Waals surface area contributed by atoms with Crippen LogP contribution >= 0.6 is 0 Å². The van der Waals surface area contributed by atoms with Gasteiger partial charge < -0.3 is 5.73 Å². The Kier molecular flexibility index (Phi) is 3.89. The molecule has 1 aromatic heterocycles. The zero-order chi connectivity index (χ0) is 9.68. The molecule has 74 valence electrons. The van der Waals surface area contributed by atoms with Crippen molar-refractivity contribution in [2.45, 2.75) is 39.2 Å². The summed E-state index contributed by atoms with van der Waals surface area (Å²) in [5.74, 6) is 0.464. The molecule has 2 N–H and O–H groups in total.